The average Bonchev–Trinajstić information content (AvgIpc) is 3.07. The minimum atomic E-state index is -4.45. The van der Waals surface area contributed by atoms with Crippen molar-refractivity contribution in [2.24, 2.45) is 0 Å². The maximum Gasteiger partial charge on any atom is 0.422 e. The molecule has 0 aliphatic carbocycles. The summed E-state index contributed by atoms with van der Waals surface area (Å²) in [6.07, 6.45) is -3.11. The molecule has 0 saturated heterocycles. The van der Waals surface area contributed by atoms with E-state index in [4.69, 9.17) is 4.74 Å². The highest BCUT2D eigenvalue weighted by Gasteiger charge is 2.29. The molecule has 0 radical (unpaired) electrons. The van der Waals surface area contributed by atoms with Crippen LogP contribution in [0.2, 0.25) is 0 Å². The molecule has 0 unspecified atom stereocenters. The molecular weight excluding hydrogens is 411 g/mol. The number of amides is 1. The molecule has 148 valence electrons. The summed E-state index contributed by atoms with van der Waals surface area (Å²) >= 11 is 3.01. The molecule has 0 bridgehead atoms. The van der Waals surface area contributed by atoms with Crippen molar-refractivity contribution in [1.82, 2.24) is 15.3 Å². The van der Waals surface area contributed by atoms with Gasteiger partial charge in [0.05, 0.1) is 16.0 Å². The van der Waals surface area contributed by atoms with Gasteiger partial charge in [-0.2, -0.15) is 13.2 Å². The molecule has 0 aliphatic rings. The Morgan fingerprint density at radius 2 is 2.04 bits per heavy atom. The van der Waals surface area contributed by atoms with E-state index in [0.717, 1.165) is 15.2 Å². The number of para-hydroxylation sites is 1. The van der Waals surface area contributed by atoms with Gasteiger partial charge in [-0.25, -0.2) is 9.97 Å². The van der Waals surface area contributed by atoms with Gasteiger partial charge in [-0.15, -0.1) is 23.1 Å². The van der Waals surface area contributed by atoms with Gasteiger partial charge in [0.2, 0.25) is 11.8 Å². The summed E-state index contributed by atoms with van der Waals surface area (Å²) in [5.41, 5.74) is 1.33. The topological polar surface area (TPSA) is 64.1 Å². The number of nitrogens with zero attached hydrogens (tertiary/aromatic N) is 2. The Kier molecular flexibility index (Phi) is 6.74. The first-order valence-corrected chi connectivity index (χ1v) is 10.2. The molecule has 2 aromatic heterocycles. The summed E-state index contributed by atoms with van der Waals surface area (Å²) in [5.74, 6) is 0.466. The maximum absolute atomic E-state index is 12.3. The van der Waals surface area contributed by atoms with Gasteiger partial charge in [0, 0.05) is 24.1 Å². The van der Waals surface area contributed by atoms with E-state index in [0.29, 0.717) is 11.3 Å². The average molecular weight is 427 g/mol. The molecule has 5 nitrogen and oxygen atoms in total. The normalized spacial score (nSPS) is 11.5. The highest BCUT2D eigenvalue weighted by Crippen LogP contribution is 2.25. The minimum absolute atomic E-state index is 0.0432. The standard InChI is InChI=1S/C18H16F3N3O2S2/c19-18(20,21)11-26-17-12(4-3-7-22-17)8-23-15(25)9-27-10-16-24-13-5-1-2-6-14(13)28-16/h1-7H,8-11H2,(H,23,25). The second-order valence-electron chi connectivity index (χ2n) is 5.72. The summed E-state index contributed by atoms with van der Waals surface area (Å²) < 4.78 is 42.7. The summed E-state index contributed by atoms with van der Waals surface area (Å²) in [6.45, 7) is -1.38. The van der Waals surface area contributed by atoms with Crippen LogP contribution < -0.4 is 10.1 Å². The predicted octanol–water partition coefficient (Wildman–Crippen LogP) is 4.18. The third-order valence-electron chi connectivity index (χ3n) is 3.50. The highest BCUT2D eigenvalue weighted by atomic mass is 32.2. The fourth-order valence-corrected chi connectivity index (χ4v) is 4.17. The van der Waals surface area contributed by atoms with Gasteiger partial charge in [-0.1, -0.05) is 18.2 Å². The summed E-state index contributed by atoms with van der Waals surface area (Å²) in [5, 5.41) is 3.61. The molecule has 1 aromatic carbocycles. The predicted molar refractivity (Wildman–Crippen MR) is 103 cm³/mol. The van der Waals surface area contributed by atoms with E-state index >= 15 is 0 Å². The first-order valence-electron chi connectivity index (χ1n) is 8.23. The van der Waals surface area contributed by atoms with Gasteiger partial charge in [0.15, 0.2) is 6.61 Å². The number of thiazole rings is 1. The Hall–Kier alpha value is -2.33. The largest absolute Gasteiger partial charge is 0.468 e. The van der Waals surface area contributed by atoms with Crippen molar-refractivity contribution in [2.45, 2.75) is 18.5 Å². The second kappa shape index (κ2) is 9.24. The fraction of sp³-hybridized carbons (Fsp3) is 0.278. The van der Waals surface area contributed by atoms with Gasteiger partial charge < -0.3 is 10.1 Å². The minimum Gasteiger partial charge on any atom is -0.468 e. The van der Waals surface area contributed by atoms with Crippen molar-refractivity contribution >= 4 is 39.2 Å². The lowest BCUT2D eigenvalue weighted by Gasteiger charge is -2.12. The fourth-order valence-electron chi connectivity index (χ4n) is 2.30. The number of ether oxygens (including phenoxy) is 1. The van der Waals surface area contributed by atoms with E-state index in [1.54, 1.807) is 23.5 Å². The summed E-state index contributed by atoms with van der Waals surface area (Å²) in [7, 11) is 0. The second-order valence-corrected chi connectivity index (χ2v) is 7.82. The van der Waals surface area contributed by atoms with Crippen molar-refractivity contribution in [3.63, 3.8) is 0 Å². The van der Waals surface area contributed by atoms with Crippen LogP contribution in [0.25, 0.3) is 10.2 Å². The van der Waals surface area contributed by atoms with E-state index in [-0.39, 0.29) is 24.1 Å². The van der Waals surface area contributed by atoms with E-state index in [9.17, 15) is 18.0 Å². The van der Waals surface area contributed by atoms with Crippen molar-refractivity contribution in [3.05, 3.63) is 53.2 Å². The van der Waals surface area contributed by atoms with Gasteiger partial charge in [-0.05, 0) is 18.2 Å². The van der Waals surface area contributed by atoms with Crippen LogP contribution in [-0.2, 0) is 17.1 Å². The first kappa shape index (κ1) is 20.4. The zero-order valence-electron chi connectivity index (χ0n) is 14.5. The van der Waals surface area contributed by atoms with Crippen LogP contribution in [0, 0.1) is 0 Å². The van der Waals surface area contributed by atoms with Gasteiger partial charge in [0.1, 0.15) is 5.01 Å². The van der Waals surface area contributed by atoms with E-state index in [2.05, 4.69) is 15.3 Å². The molecule has 0 aliphatic heterocycles. The third-order valence-corrected chi connectivity index (χ3v) is 5.66. The third kappa shape index (κ3) is 6.10. The Balaban J connectivity index is 1.45. The van der Waals surface area contributed by atoms with Crippen LogP contribution >= 0.6 is 23.1 Å². The number of pyridine rings is 1. The SMILES string of the molecule is O=C(CSCc1nc2ccccc2s1)NCc1cccnc1OCC(F)(F)F. The van der Waals surface area contributed by atoms with Crippen LogP contribution in [0.15, 0.2) is 42.6 Å². The zero-order chi connectivity index (χ0) is 20.0. The molecule has 28 heavy (non-hydrogen) atoms. The quantitative estimate of drug-likeness (QED) is 0.584. The number of nitrogens with one attached hydrogen (secondary N) is 1. The number of benzene rings is 1. The van der Waals surface area contributed by atoms with Gasteiger partial charge in [-0.3, -0.25) is 4.79 Å². The molecule has 0 spiro atoms. The molecule has 0 atom stereocenters. The molecule has 0 fully saturated rings. The number of hydrogen-bond acceptors (Lipinski definition) is 6. The molecular formula is C18H16F3N3O2S2. The smallest absolute Gasteiger partial charge is 0.422 e. The number of rotatable bonds is 8. The lowest BCUT2D eigenvalue weighted by molar-refractivity contribution is -0.154. The Morgan fingerprint density at radius 3 is 2.82 bits per heavy atom. The lowest BCUT2D eigenvalue weighted by Crippen LogP contribution is -2.26. The van der Waals surface area contributed by atoms with Crippen molar-refractivity contribution in [3.8, 4) is 5.88 Å². The van der Waals surface area contributed by atoms with Crippen LogP contribution in [-0.4, -0.2) is 34.4 Å². The maximum atomic E-state index is 12.3. The van der Waals surface area contributed by atoms with E-state index < -0.39 is 12.8 Å². The molecule has 2 heterocycles. The van der Waals surface area contributed by atoms with Crippen LogP contribution in [0.4, 0.5) is 13.2 Å². The highest BCUT2D eigenvalue weighted by molar-refractivity contribution is 7.99. The Bertz CT molecular complexity index is 914. The monoisotopic (exact) mass is 427 g/mol. The first-order chi connectivity index (χ1) is 13.4. The zero-order valence-corrected chi connectivity index (χ0v) is 16.2. The number of alkyl halides is 3. The van der Waals surface area contributed by atoms with Gasteiger partial charge in [0.25, 0.3) is 0 Å². The number of hydrogen-bond donors (Lipinski definition) is 1. The summed E-state index contributed by atoms with van der Waals surface area (Å²) in [4.78, 5) is 20.3. The van der Waals surface area contributed by atoms with Crippen LogP contribution in [0.5, 0.6) is 5.88 Å². The van der Waals surface area contributed by atoms with Crippen LogP contribution in [0.1, 0.15) is 10.6 Å². The summed E-state index contributed by atoms with van der Waals surface area (Å²) in [6, 6.07) is 11.0. The molecule has 3 rings (SSSR count). The molecule has 3 aromatic rings. The Labute approximate surface area is 167 Å². The van der Waals surface area contributed by atoms with E-state index in [1.165, 1.54) is 18.0 Å². The van der Waals surface area contributed by atoms with Gasteiger partial charge >= 0.3 is 6.18 Å². The lowest BCUT2D eigenvalue weighted by atomic mass is 10.2. The number of halogens is 3. The van der Waals surface area contributed by atoms with Crippen molar-refractivity contribution < 1.29 is 22.7 Å². The van der Waals surface area contributed by atoms with Crippen molar-refractivity contribution in [2.75, 3.05) is 12.4 Å². The number of fused-ring (bicyclic) bond motifs is 1. The number of thioether (sulfide) groups is 1. The molecule has 1 amide bonds. The molecule has 0 saturated carbocycles. The molecule has 1 N–H and O–H groups in total. The number of aromatic nitrogens is 2. The van der Waals surface area contributed by atoms with Crippen LogP contribution in [0.3, 0.4) is 0 Å². The molecule has 10 heteroatoms. The number of carbonyl (C=O) groups excluding carboxylic acids is 1. The van der Waals surface area contributed by atoms with Crippen molar-refractivity contribution in [1.29, 1.82) is 0 Å². The van der Waals surface area contributed by atoms with E-state index in [1.807, 2.05) is 24.3 Å². The Morgan fingerprint density at radius 1 is 1.21 bits per heavy atom. The number of carbonyl (C=O) groups is 1.